The fraction of sp³-hybridized carbons (Fsp3) is 0.444. The van der Waals surface area contributed by atoms with Crippen molar-refractivity contribution in [2.24, 2.45) is 0 Å². The van der Waals surface area contributed by atoms with Crippen molar-refractivity contribution in [2.45, 2.75) is 18.4 Å². The molecule has 1 aromatic rings. The first-order valence-electron chi connectivity index (χ1n) is 8.16. The first-order chi connectivity index (χ1) is 12.0. The second-order valence-electron chi connectivity index (χ2n) is 5.65. The van der Waals surface area contributed by atoms with Crippen LogP contribution in [0.3, 0.4) is 0 Å². The number of esters is 1. The fourth-order valence-electron chi connectivity index (χ4n) is 2.45. The highest BCUT2D eigenvalue weighted by molar-refractivity contribution is 8.04. The van der Waals surface area contributed by atoms with Crippen LogP contribution in [0.2, 0.25) is 0 Å². The molecular weight excluding hydrogens is 356 g/mol. The molecule has 0 spiro atoms. The maximum atomic E-state index is 12.1. The van der Waals surface area contributed by atoms with Gasteiger partial charge in [0.1, 0.15) is 0 Å². The van der Waals surface area contributed by atoms with Crippen molar-refractivity contribution in [2.75, 3.05) is 38.8 Å². The van der Waals surface area contributed by atoms with Gasteiger partial charge in [0.15, 0.2) is 0 Å². The third kappa shape index (κ3) is 6.09. The van der Waals surface area contributed by atoms with Crippen LogP contribution in [0.4, 0.5) is 0 Å². The van der Waals surface area contributed by atoms with E-state index in [9.17, 15) is 9.59 Å². The van der Waals surface area contributed by atoms with E-state index in [-0.39, 0.29) is 5.91 Å². The molecule has 136 valence electrons. The predicted octanol–water partition coefficient (Wildman–Crippen LogP) is 2.82. The molecule has 25 heavy (non-hydrogen) atoms. The zero-order chi connectivity index (χ0) is 18.2. The lowest BCUT2D eigenvalue weighted by Gasteiger charge is -2.22. The van der Waals surface area contributed by atoms with E-state index in [2.05, 4.69) is 35.4 Å². The van der Waals surface area contributed by atoms with Crippen LogP contribution < -0.4 is 0 Å². The lowest BCUT2D eigenvalue weighted by atomic mass is 10.2. The van der Waals surface area contributed by atoms with E-state index >= 15 is 0 Å². The van der Waals surface area contributed by atoms with Crippen molar-refractivity contribution in [3.8, 4) is 0 Å². The summed E-state index contributed by atoms with van der Waals surface area (Å²) < 4.78 is 4.93. The van der Waals surface area contributed by atoms with Crippen LogP contribution in [-0.4, -0.2) is 60.4 Å². The van der Waals surface area contributed by atoms with Crippen LogP contribution in [0.15, 0.2) is 40.3 Å². The number of hydrogen-bond donors (Lipinski definition) is 0. The summed E-state index contributed by atoms with van der Waals surface area (Å²) >= 11 is 3.12. The monoisotopic (exact) mass is 380 g/mol. The van der Waals surface area contributed by atoms with Gasteiger partial charge in [-0.3, -0.25) is 4.79 Å². The molecule has 2 rings (SSSR count). The minimum absolute atomic E-state index is 0.0401. The van der Waals surface area contributed by atoms with E-state index in [1.165, 1.54) is 28.3 Å². The molecule has 1 aliphatic heterocycles. The van der Waals surface area contributed by atoms with Crippen LogP contribution in [-0.2, 0) is 20.9 Å². The summed E-state index contributed by atoms with van der Waals surface area (Å²) in [5.41, 5.74) is 1.24. The van der Waals surface area contributed by atoms with Gasteiger partial charge in [-0.1, -0.05) is 23.9 Å². The van der Waals surface area contributed by atoms with Crippen LogP contribution in [0.25, 0.3) is 0 Å². The number of benzene rings is 1. The molecular formula is C18H24N2O3S2. The molecule has 1 fully saturated rings. The lowest BCUT2D eigenvalue weighted by Crippen LogP contribution is -2.33. The number of rotatable bonds is 8. The maximum absolute atomic E-state index is 12.1. The van der Waals surface area contributed by atoms with Crippen molar-refractivity contribution in [1.29, 1.82) is 0 Å². The molecule has 0 unspecified atom stereocenters. The standard InChI is InChI=1S/C18H24N2O3S2/c1-4-23-18(22)11-17-20(16(21)13-25-17)10-9-19(2)12-14-5-7-15(24-3)8-6-14/h5-8,11H,4,9-10,12-13H2,1-3H3. The van der Waals surface area contributed by atoms with Gasteiger partial charge in [-0.15, -0.1) is 11.8 Å². The first-order valence-corrected chi connectivity index (χ1v) is 10.4. The van der Waals surface area contributed by atoms with E-state index in [0.29, 0.717) is 23.9 Å². The van der Waals surface area contributed by atoms with Gasteiger partial charge in [-0.25, -0.2) is 4.79 Å². The summed E-state index contributed by atoms with van der Waals surface area (Å²) in [6.45, 7) is 4.22. The fourth-order valence-corrected chi connectivity index (χ4v) is 3.81. The maximum Gasteiger partial charge on any atom is 0.333 e. The Morgan fingerprint density at radius 2 is 2.12 bits per heavy atom. The van der Waals surface area contributed by atoms with Gasteiger partial charge in [0.25, 0.3) is 0 Å². The molecule has 0 atom stereocenters. The molecule has 1 heterocycles. The molecule has 0 aromatic heterocycles. The normalized spacial score (nSPS) is 16.1. The van der Waals surface area contributed by atoms with E-state index in [1.807, 2.05) is 7.05 Å². The quantitative estimate of drug-likeness (QED) is 0.393. The third-order valence-electron chi connectivity index (χ3n) is 3.76. The second kappa shape index (κ2) is 9.89. The van der Waals surface area contributed by atoms with Gasteiger partial charge in [0.2, 0.25) is 5.91 Å². The van der Waals surface area contributed by atoms with E-state index < -0.39 is 5.97 Å². The Bertz CT molecular complexity index is 632. The third-order valence-corrected chi connectivity index (χ3v) is 5.52. The van der Waals surface area contributed by atoms with Crippen LogP contribution in [0.5, 0.6) is 0 Å². The van der Waals surface area contributed by atoms with E-state index in [1.54, 1.807) is 23.6 Å². The number of thioether (sulfide) groups is 2. The average Bonchev–Trinajstić information content (AvgIpc) is 2.93. The van der Waals surface area contributed by atoms with Crippen LogP contribution in [0.1, 0.15) is 12.5 Å². The highest BCUT2D eigenvalue weighted by atomic mass is 32.2. The van der Waals surface area contributed by atoms with Crippen LogP contribution in [0, 0.1) is 0 Å². The molecule has 5 nitrogen and oxygen atoms in total. The topological polar surface area (TPSA) is 49.9 Å². The summed E-state index contributed by atoms with van der Waals surface area (Å²) in [6, 6.07) is 8.50. The summed E-state index contributed by atoms with van der Waals surface area (Å²) in [4.78, 5) is 28.8. The largest absolute Gasteiger partial charge is 0.463 e. The number of carbonyl (C=O) groups is 2. The Kier molecular flexibility index (Phi) is 7.87. The Balaban J connectivity index is 1.88. The highest BCUT2D eigenvalue weighted by Crippen LogP contribution is 2.28. The zero-order valence-electron chi connectivity index (χ0n) is 14.9. The van der Waals surface area contributed by atoms with Crippen molar-refractivity contribution in [3.63, 3.8) is 0 Å². The summed E-state index contributed by atoms with van der Waals surface area (Å²) in [5, 5.41) is 0.682. The van der Waals surface area contributed by atoms with Gasteiger partial charge in [-0.2, -0.15) is 0 Å². The highest BCUT2D eigenvalue weighted by Gasteiger charge is 2.27. The summed E-state index contributed by atoms with van der Waals surface area (Å²) in [7, 11) is 2.03. The van der Waals surface area contributed by atoms with Crippen molar-refractivity contribution >= 4 is 35.4 Å². The van der Waals surface area contributed by atoms with Crippen molar-refractivity contribution < 1.29 is 14.3 Å². The average molecular weight is 381 g/mol. The lowest BCUT2D eigenvalue weighted by molar-refractivity contribution is -0.137. The number of nitrogens with zero attached hydrogens (tertiary/aromatic N) is 2. The number of likely N-dealkylation sites (N-methyl/N-ethyl adjacent to an activating group) is 1. The Morgan fingerprint density at radius 1 is 1.40 bits per heavy atom. The van der Waals surface area contributed by atoms with E-state index in [4.69, 9.17) is 4.74 Å². The molecule has 0 aliphatic carbocycles. The summed E-state index contributed by atoms with van der Waals surface area (Å²) in [6.07, 6.45) is 3.48. The molecule has 0 saturated carbocycles. The van der Waals surface area contributed by atoms with Gasteiger partial charge >= 0.3 is 5.97 Å². The Labute approximate surface area is 157 Å². The Hall–Kier alpha value is -1.44. The minimum Gasteiger partial charge on any atom is -0.463 e. The van der Waals surface area contributed by atoms with Gasteiger partial charge in [0, 0.05) is 24.5 Å². The zero-order valence-corrected chi connectivity index (χ0v) is 16.5. The van der Waals surface area contributed by atoms with Crippen LogP contribution >= 0.6 is 23.5 Å². The number of ether oxygens (including phenoxy) is 1. The molecule has 0 radical (unpaired) electrons. The SMILES string of the molecule is CCOC(=O)C=C1SCC(=O)N1CCN(C)Cc1ccc(SC)cc1. The minimum atomic E-state index is -0.396. The second-order valence-corrected chi connectivity index (χ2v) is 7.53. The summed E-state index contributed by atoms with van der Waals surface area (Å²) in [5.74, 6) is 0.0238. The smallest absolute Gasteiger partial charge is 0.333 e. The van der Waals surface area contributed by atoms with Gasteiger partial charge in [0.05, 0.1) is 23.5 Å². The number of carbonyl (C=O) groups excluding carboxylic acids is 2. The Morgan fingerprint density at radius 3 is 2.76 bits per heavy atom. The number of hydrogen-bond acceptors (Lipinski definition) is 6. The molecule has 0 bridgehead atoms. The first kappa shape index (κ1) is 19.9. The molecule has 1 saturated heterocycles. The molecule has 1 aromatic carbocycles. The van der Waals surface area contributed by atoms with E-state index in [0.717, 1.165) is 13.1 Å². The van der Waals surface area contributed by atoms with Gasteiger partial charge < -0.3 is 14.5 Å². The molecule has 0 N–H and O–H groups in total. The molecule has 1 amide bonds. The van der Waals surface area contributed by atoms with Crippen molar-refractivity contribution in [1.82, 2.24) is 9.80 Å². The van der Waals surface area contributed by atoms with Gasteiger partial charge in [-0.05, 0) is 37.9 Å². The molecule has 1 aliphatic rings. The number of amides is 1. The molecule has 7 heteroatoms. The van der Waals surface area contributed by atoms with Crippen molar-refractivity contribution in [3.05, 3.63) is 40.9 Å². The predicted molar refractivity (Wildman–Crippen MR) is 103 cm³/mol.